The Bertz CT molecular complexity index is 1840. The van der Waals surface area contributed by atoms with Crippen molar-refractivity contribution in [3.05, 3.63) is 166 Å². The molecular weight excluding hydrogens is 638 g/mol. The van der Waals surface area contributed by atoms with Crippen LogP contribution in [-0.2, 0) is 11.0 Å². The lowest BCUT2D eigenvalue weighted by Crippen LogP contribution is -2.58. The molecule has 46 heavy (non-hydrogen) atoms. The lowest BCUT2D eigenvalue weighted by atomic mass is 9.46. The van der Waals surface area contributed by atoms with Gasteiger partial charge in [0.25, 0.3) is 0 Å². The molecule has 0 bridgehead atoms. The third-order valence-corrected chi connectivity index (χ3v) is 10.0. The van der Waals surface area contributed by atoms with E-state index in [9.17, 15) is 15.2 Å². The molecule has 0 aliphatic heterocycles. The summed E-state index contributed by atoms with van der Waals surface area (Å²) in [5.74, 6) is -1.21. The van der Waals surface area contributed by atoms with E-state index in [1.165, 1.54) is 0 Å². The van der Waals surface area contributed by atoms with Crippen LogP contribution in [0.5, 0.6) is 11.5 Å². The van der Waals surface area contributed by atoms with Crippen molar-refractivity contribution in [3.8, 4) is 17.6 Å². The highest BCUT2D eigenvalue weighted by Crippen LogP contribution is 2.64. The number of ether oxygens (including phenoxy) is 2. The van der Waals surface area contributed by atoms with E-state index in [1.54, 1.807) is 26.4 Å². The van der Waals surface area contributed by atoms with Gasteiger partial charge < -0.3 is 14.6 Å². The average molecular weight is 673 g/mol. The van der Waals surface area contributed by atoms with Gasteiger partial charge >= 0.3 is 0 Å². The average Bonchev–Trinajstić information content (AvgIpc) is 3.12. The van der Waals surface area contributed by atoms with Crippen molar-refractivity contribution in [2.75, 3.05) is 14.2 Å². The molecule has 0 amide bonds. The van der Waals surface area contributed by atoms with Gasteiger partial charge in [0.2, 0.25) is 0 Å². The van der Waals surface area contributed by atoms with Crippen LogP contribution in [0.25, 0.3) is 0 Å². The molecular formula is C40H34BrNO4. The van der Waals surface area contributed by atoms with Crippen LogP contribution in [0.3, 0.4) is 0 Å². The van der Waals surface area contributed by atoms with Gasteiger partial charge in [-0.15, -0.1) is 0 Å². The number of Topliss-reactive ketones (excluding diaryl/α,β-unsaturated/α-hetero) is 1. The summed E-state index contributed by atoms with van der Waals surface area (Å²) in [7, 11) is 3.22. The molecule has 1 aliphatic carbocycles. The second-order valence-electron chi connectivity index (χ2n) is 11.8. The van der Waals surface area contributed by atoms with Gasteiger partial charge in [0.05, 0.1) is 31.6 Å². The minimum atomic E-state index is -1.64. The lowest BCUT2D eigenvalue weighted by molar-refractivity contribution is -0.0738. The van der Waals surface area contributed by atoms with Crippen LogP contribution in [-0.4, -0.2) is 25.1 Å². The summed E-state index contributed by atoms with van der Waals surface area (Å²) < 4.78 is 11.9. The van der Waals surface area contributed by atoms with Crippen molar-refractivity contribution < 1.29 is 19.4 Å². The summed E-state index contributed by atoms with van der Waals surface area (Å²) in [6.45, 7) is 0. The van der Waals surface area contributed by atoms with Crippen LogP contribution in [0.4, 0.5) is 0 Å². The third-order valence-electron chi connectivity index (χ3n) is 9.52. The van der Waals surface area contributed by atoms with Crippen molar-refractivity contribution >= 4 is 21.7 Å². The van der Waals surface area contributed by atoms with E-state index in [2.05, 4.69) is 22.0 Å². The summed E-state index contributed by atoms with van der Waals surface area (Å²) in [5, 5.41) is 24.9. The molecule has 5 atom stereocenters. The normalized spacial score (nSPS) is 24.0. The Kier molecular flexibility index (Phi) is 8.82. The first-order valence-corrected chi connectivity index (χ1v) is 16.0. The number of halogens is 1. The smallest absolute Gasteiger partial charge is 0.169 e. The minimum Gasteiger partial charge on any atom is -0.497 e. The summed E-state index contributed by atoms with van der Waals surface area (Å²) in [6, 6.07) is 44.3. The first kappa shape index (κ1) is 31.3. The lowest BCUT2D eigenvalue weighted by Gasteiger charge is -2.56. The molecule has 1 fully saturated rings. The van der Waals surface area contributed by atoms with Gasteiger partial charge in [0, 0.05) is 21.9 Å². The zero-order chi connectivity index (χ0) is 32.3. The number of hydrogen-bond acceptors (Lipinski definition) is 5. The second kappa shape index (κ2) is 13.0. The highest BCUT2D eigenvalue weighted by Gasteiger charge is 2.64. The zero-order valence-corrected chi connectivity index (χ0v) is 27.2. The number of methoxy groups -OCH3 is 2. The highest BCUT2D eigenvalue weighted by atomic mass is 79.9. The number of aliphatic hydroxyl groups is 1. The van der Waals surface area contributed by atoms with E-state index < -0.39 is 28.8 Å². The highest BCUT2D eigenvalue weighted by molar-refractivity contribution is 9.10. The largest absolute Gasteiger partial charge is 0.497 e. The van der Waals surface area contributed by atoms with Crippen molar-refractivity contribution in [1.82, 2.24) is 0 Å². The Hall–Kier alpha value is -4.70. The second-order valence-corrected chi connectivity index (χ2v) is 12.7. The predicted octanol–water partition coefficient (Wildman–Crippen LogP) is 8.59. The van der Waals surface area contributed by atoms with E-state index >= 15 is 0 Å². The van der Waals surface area contributed by atoms with E-state index in [1.807, 2.05) is 121 Å². The predicted molar refractivity (Wildman–Crippen MR) is 182 cm³/mol. The first-order valence-electron chi connectivity index (χ1n) is 15.2. The maximum Gasteiger partial charge on any atom is 0.169 e. The van der Waals surface area contributed by atoms with Gasteiger partial charge in [-0.25, -0.2) is 0 Å². The zero-order valence-electron chi connectivity index (χ0n) is 25.6. The Morgan fingerprint density at radius 1 is 0.739 bits per heavy atom. The molecule has 0 heterocycles. The Morgan fingerprint density at radius 2 is 1.26 bits per heavy atom. The maximum absolute atomic E-state index is 15.0. The maximum atomic E-state index is 15.0. The molecule has 0 saturated heterocycles. The van der Waals surface area contributed by atoms with E-state index in [4.69, 9.17) is 9.47 Å². The van der Waals surface area contributed by atoms with Gasteiger partial charge in [-0.1, -0.05) is 113 Å². The molecule has 1 aliphatic rings. The summed E-state index contributed by atoms with van der Waals surface area (Å²) in [5.41, 5.74) is 0.574. The fourth-order valence-corrected chi connectivity index (χ4v) is 7.60. The number of nitriles is 1. The van der Waals surface area contributed by atoms with E-state index in [0.29, 0.717) is 22.6 Å². The van der Waals surface area contributed by atoms with Gasteiger partial charge in [0.1, 0.15) is 17.1 Å². The molecule has 0 aromatic heterocycles. The van der Waals surface area contributed by atoms with E-state index in [-0.39, 0.29) is 12.2 Å². The van der Waals surface area contributed by atoms with Crippen LogP contribution < -0.4 is 9.47 Å². The first-order chi connectivity index (χ1) is 22.3. The SMILES string of the molecule is COc1ccc([C@@H]2C[C@](O)(c3ccccc3)[C@@H](C(=O)c3ccccc3)[C@H](c3ccc(OC)cc3)[C@@]2(C#N)c2ccc(Br)cc2)cc1. The summed E-state index contributed by atoms with van der Waals surface area (Å²) in [6.07, 6.45) is 0.128. The van der Waals surface area contributed by atoms with Crippen LogP contribution in [0.15, 0.2) is 138 Å². The molecule has 1 saturated carbocycles. The quantitative estimate of drug-likeness (QED) is 0.167. The number of carbonyl (C=O) groups excluding carboxylic acids is 1. The summed E-state index contributed by atoms with van der Waals surface area (Å²) >= 11 is 3.57. The Labute approximate surface area is 278 Å². The minimum absolute atomic E-state index is 0.128. The topological polar surface area (TPSA) is 79.6 Å². The van der Waals surface area contributed by atoms with Gasteiger partial charge in [-0.2, -0.15) is 5.26 Å². The molecule has 5 aromatic carbocycles. The van der Waals surface area contributed by atoms with Crippen LogP contribution in [0, 0.1) is 17.2 Å². The molecule has 230 valence electrons. The molecule has 6 rings (SSSR count). The van der Waals surface area contributed by atoms with Crippen molar-refractivity contribution in [2.24, 2.45) is 5.92 Å². The summed E-state index contributed by atoms with van der Waals surface area (Å²) in [4.78, 5) is 15.0. The molecule has 6 heteroatoms. The molecule has 5 nitrogen and oxygen atoms in total. The van der Waals surface area contributed by atoms with E-state index in [0.717, 1.165) is 21.2 Å². The number of nitrogens with zero attached hydrogens (tertiary/aromatic N) is 1. The Morgan fingerprint density at radius 3 is 1.78 bits per heavy atom. The van der Waals surface area contributed by atoms with Crippen molar-refractivity contribution in [3.63, 3.8) is 0 Å². The molecule has 0 spiro atoms. The van der Waals surface area contributed by atoms with Crippen molar-refractivity contribution in [1.29, 1.82) is 5.26 Å². The monoisotopic (exact) mass is 671 g/mol. The fourth-order valence-electron chi connectivity index (χ4n) is 7.33. The number of hydrogen-bond donors (Lipinski definition) is 1. The molecule has 1 N–H and O–H groups in total. The van der Waals surface area contributed by atoms with Gasteiger partial charge in [-0.05, 0) is 65.1 Å². The number of carbonyl (C=O) groups is 1. The van der Waals surface area contributed by atoms with Crippen LogP contribution in [0.2, 0.25) is 0 Å². The molecule has 0 unspecified atom stereocenters. The third kappa shape index (κ3) is 5.40. The van der Waals surface area contributed by atoms with Crippen molar-refractivity contribution in [2.45, 2.75) is 29.3 Å². The fraction of sp³-hybridized carbons (Fsp3) is 0.200. The Balaban J connectivity index is 1.73. The number of ketones is 1. The van der Waals surface area contributed by atoms with Crippen LogP contribution >= 0.6 is 15.9 Å². The number of rotatable bonds is 8. The van der Waals surface area contributed by atoms with Crippen LogP contribution in [0.1, 0.15) is 50.9 Å². The number of benzene rings is 5. The van der Waals surface area contributed by atoms with Gasteiger partial charge in [0.15, 0.2) is 5.78 Å². The van der Waals surface area contributed by atoms with Gasteiger partial charge in [-0.3, -0.25) is 4.79 Å². The molecule has 0 radical (unpaired) electrons. The standard InChI is InChI=1S/C40H34BrNO4/c1-45-33-21-13-27(14-22-33)35-25-40(44,31-11-7-4-8-12-31)37(38(43)29-9-5-3-6-10-29)36(28-15-23-34(46-2)24-16-28)39(35,26-42)30-17-19-32(41)20-18-30/h3-24,35-37,44H,25H2,1-2H3/t35-,36-,37+,39-,40-/m0/s1. The molecule has 5 aromatic rings.